The van der Waals surface area contributed by atoms with E-state index in [0.717, 1.165) is 13.0 Å². The van der Waals surface area contributed by atoms with Crippen LogP contribution in [0.1, 0.15) is 52.9 Å². The molecule has 2 nitrogen and oxygen atoms in total. The topological polar surface area (TPSA) is 38.0 Å². The zero-order valence-electron chi connectivity index (χ0n) is 10.0. The van der Waals surface area contributed by atoms with Crippen molar-refractivity contribution in [1.29, 1.82) is 0 Å². The van der Waals surface area contributed by atoms with Crippen LogP contribution in [0.4, 0.5) is 0 Å². The van der Waals surface area contributed by atoms with E-state index in [1.54, 1.807) is 0 Å². The van der Waals surface area contributed by atoms with Gasteiger partial charge in [0.2, 0.25) is 0 Å². The number of hydrogen-bond acceptors (Lipinski definition) is 2. The highest BCUT2D eigenvalue weighted by atomic mass is 14.9. The van der Waals surface area contributed by atoms with E-state index in [1.165, 1.54) is 32.2 Å². The zero-order valence-corrected chi connectivity index (χ0v) is 10.0. The van der Waals surface area contributed by atoms with E-state index in [-0.39, 0.29) is 5.54 Å². The van der Waals surface area contributed by atoms with Gasteiger partial charge in [0.25, 0.3) is 0 Å². The SMILES string of the molecule is CCCC1(CNCC(C)(N)CC)CC1. The Bertz CT molecular complexity index is 171. The molecule has 3 N–H and O–H groups in total. The molecule has 0 heterocycles. The molecule has 1 rings (SSSR count). The Morgan fingerprint density at radius 3 is 2.43 bits per heavy atom. The third kappa shape index (κ3) is 3.58. The van der Waals surface area contributed by atoms with Gasteiger partial charge in [0.1, 0.15) is 0 Å². The predicted molar refractivity (Wildman–Crippen MR) is 62.3 cm³/mol. The summed E-state index contributed by atoms with van der Waals surface area (Å²) in [5, 5.41) is 3.54. The fourth-order valence-corrected chi connectivity index (χ4v) is 1.96. The van der Waals surface area contributed by atoms with E-state index in [0.29, 0.717) is 5.41 Å². The monoisotopic (exact) mass is 198 g/mol. The van der Waals surface area contributed by atoms with Gasteiger partial charge in [-0.1, -0.05) is 20.3 Å². The lowest BCUT2D eigenvalue weighted by Crippen LogP contribution is -2.46. The normalized spacial score (nSPS) is 23.1. The summed E-state index contributed by atoms with van der Waals surface area (Å²) >= 11 is 0. The summed E-state index contributed by atoms with van der Waals surface area (Å²) in [6, 6.07) is 0. The lowest BCUT2D eigenvalue weighted by molar-refractivity contribution is 0.365. The molecule has 0 aromatic rings. The summed E-state index contributed by atoms with van der Waals surface area (Å²) < 4.78 is 0. The van der Waals surface area contributed by atoms with Gasteiger partial charge in [0, 0.05) is 18.6 Å². The van der Waals surface area contributed by atoms with Crippen molar-refractivity contribution in [3.63, 3.8) is 0 Å². The predicted octanol–water partition coefficient (Wildman–Crippen LogP) is 2.28. The first-order valence-electron chi connectivity index (χ1n) is 6.03. The zero-order chi connectivity index (χ0) is 10.7. The van der Waals surface area contributed by atoms with Crippen LogP contribution in [0, 0.1) is 5.41 Å². The maximum atomic E-state index is 6.08. The number of nitrogens with two attached hydrogens (primary N) is 1. The minimum atomic E-state index is -0.0255. The van der Waals surface area contributed by atoms with Crippen LogP contribution in [0.25, 0.3) is 0 Å². The Balaban J connectivity index is 2.15. The minimum Gasteiger partial charge on any atom is -0.324 e. The van der Waals surface area contributed by atoms with Crippen molar-refractivity contribution in [2.24, 2.45) is 11.1 Å². The van der Waals surface area contributed by atoms with Gasteiger partial charge < -0.3 is 11.1 Å². The fourth-order valence-electron chi connectivity index (χ4n) is 1.96. The van der Waals surface area contributed by atoms with Crippen LogP contribution in [-0.2, 0) is 0 Å². The van der Waals surface area contributed by atoms with E-state index >= 15 is 0 Å². The first-order chi connectivity index (χ1) is 6.54. The molecule has 1 unspecified atom stereocenters. The summed E-state index contributed by atoms with van der Waals surface area (Å²) in [6.45, 7) is 8.68. The Labute approximate surface area is 88.6 Å². The van der Waals surface area contributed by atoms with Gasteiger partial charge in [-0.05, 0) is 38.0 Å². The molecule has 1 atom stereocenters. The van der Waals surface area contributed by atoms with E-state index in [2.05, 4.69) is 26.1 Å². The quantitative estimate of drug-likeness (QED) is 0.658. The second-order valence-electron chi connectivity index (χ2n) is 5.36. The smallest absolute Gasteiger partial charge is 0.0249 e. The van der Waals surface area contributed by atoms with Gasteiger partial charge in [0.15, 0.2) is 0 Å². The molecule has 0 radical (unpaired) electrons. The van der Waals surface area contributed by atoms with Gasteiger partial charge in [-0.15, -0.1) is 0 Å². The number of nitrogens with one attached hydrogen (secondary N) is 1. The van der Waals surface area contributed by atoms with E-state index in [1.807, 2.05) is 0 Å². The Hall–Kier alpha value is -0.0800. The summed E-state index contributed by atoms with van der Waals surface area (Å²) in [6.07, 6.45) is 6.58. The lowest BCUT2D eigenvalue weighted by Gasteiger charge is -2.25. The van der Waals surface area contributed by atoms with Crippen molar-refractivity contribution in [3.05, 3.63) is 0 Å². The van der Waals surface area contributed by atoms with E-state index in [4.69, 9.17) is 5.73 Å². The molecular formula is C12H26N2. The van der Waals surface area contributed by atoms with Crippen LogP contribution in [0.2, 0.25) is 0 Å². The summed E-state index contributed by atoms with van der Waals surface area (Å²) in [7, 11) is 0. The summed E-state index contributed by atoms with van der Waals surface area (Å²) in [5.74, 6) is 0. The Morgan fingerprint density at radius 1 is 1.36 bits per heavy atom. The van der Waals surface area contributed by atoms with Crippen LogP contribution in [0.3, 0.4) is 0 Å². The molecule has 1 aliphatic rings. The highest BCUT2D eigenvalue weighted by Crippen LogP contribution is 2.48. The molecule has 14 heavy (non-hydrogen) atoms. The molecule has 0 spiro atoms. The second-order valence-corrected chi connectivity index (χ2v) is 5.36. The lowest BCUT2D eigenvalue weighted by atomic mass is 9.98. The molecule has 0 aromatic heterocycles. The Morgan fingerprint density at radius 2 is 2.00 bits per heavy atom. The molecule has 1 saturated carbocycles. The average Bonchev–Trinajstić information content (AvgIpc) is 2.86. The van der Waals surface area contributed by atoms with Gasteiger partial charge in [-0.2, -0.15) is 0 Å². The van der Waals surface area contributed by atoms with Crippen LogP contribution in [0.15, 0.2) is 0 Å². The third-order valence-electron chi connectivity index (χ3n) is 3.57. The third-order valence-corrected chi connectivity index (χ3v) is 3.57. The molecular weight excluding hydrogens is 172 g/mol. The molecule has 1 fully saturated rings. The summed E-state index contributed by atoms with van der Waals surface area (Å²) in [5.41, 5.74) is 6.70. The largest absolute Gasteiger partial charge is 0.324 e. The van der Waals surface area contributed by atoms with Crippen molar-refractivity contribution < 1.29 is 0 Å². The highest BCUT2D eigenvalue weighted by Gasteiger charge is 2.40. The molecule has 0 saturated heterocycles. The molecule has 84 valence electrons. The van der Waals surface area contributed by atoms with Gasteiger partial charge in [-0.25, -0.2) is 0 Å². The maximum absolute atomic E-state index is 6.08. The fraction of sp³-hybridized carbons (Fsp3) is 1.00. The van der Waals surface area contributed by atoms with E-state index < -0.39 is 0 Å². The van der Waals surface area contributed by atoms with Gasteiger partial charge in [-0.3, -0.25) is 0 Å². The molecule has 0 amide bonds. The first kappa shape index (κ1) is 12.0. The standard InChI is InChI=1S/C12H26N2/c1-4-6-12(7-8-12)10-14-9-11(3,13)5-2/h14H,4-10,13H2,1-3H3. The molecule has 1 aliphatic carbocycles. The molecule has 0 aliphatic heterocycles. The second kappa shape index (κ2) is 4.63. The van der Waals surface area contributed by atoms with Crippen LogP contribution in [0.5, 0.6) is 0 Å². The Kier molecular flexibility index (Phi) is 3.96. The molecule has 0 bridgehead atoms. The number of rotatable bonds is 7. The van der Waals surface area contributed by atoms with Crippen LogP contribution >= 0.6 is 0 Å². The van der Waals surface area contributed by atoms with Crippen molar-refractivity contribution >= 4 is 0 Å². The van der Waals surface area contributed by atoms with Crippen LogP contribution < -0.4 is 11.1 Å². The van der Waals surface area contributed by atoms with Crippen LogP contribution in [-0.4, -0.2) is 18.6 Å². The maximum Gasteiger partial charge on any atom is 0.0249 e. The molecule has 0 aromatic carbocycles. The summed E-state index contributed by atoms with van der Waals surface area (Å²) in [4.78, 5) is 0. The van der Waals surface area contributed by atoms with Crippen molar-refractivity contribution in [1.82, 2.24) is 5.32 Å². The first-order valence-corrected chi connectivity index (χ1v) is 6.03. The highest BCUT2D eigenvalue weighted by molar-refractivity contribution is 4.95. The van der Waals surface area contributed by atoms with Gasteiger partial charge >= 0.3 is 0 Å². The van der Waals surface area contributed by atoms with E-state index in [9.17, 15) is 0 Å². The molecule has 2 heteroatoms. The van der Waals surface area contributed by atoms with Crippen molar-refractivity contribution in [2.75, 3.05) is 13.1 Å². The van der Waals surface area contributed by atoms with Crippen molar-refractivity contribution in [2.45, 2.75) is 58.4 Å². The minimum absolute atomic E-state index is 0.0255. The average molecular weight is 198 g/mol. The number of hydrogen-bond donors (Lipinski definition) is 2. The van der Waals surface area contributed by atoms with Crippen molar-refractivity contribution in [3.8, 4) is 0 Å². The van der Waals surface area contributed by atoms with Gasteiger partial charge in [0.05, 0.1) is 0 Å².